The molecule has 1 saturated heterocycles. The summed E-state index contributed by atoms with van der Waals surface area (Å²) < 4.78 is 0. The zero-order chi connectivity index (χ0) is 14.5. The van der Waals surface area contributed by atoms with Crippen molar-refractivity contribution < 1.29 is 0 Å². The van der Waals surface area contributed by atoms with Crippen LogP contribution in [0.5, 0.6) is 0 Å². The molecule has 1 aromatic carbocycles. The summed E-state index contributed by atoms with van der Waals surface area (Å²) in [6, 6.07) is 6.31. The van der Waals surface area contributed by atoms with Gasteiger partial charge in [0.1, 0.15) is 0 Å². The highest BCUT2D eigenvalue weighted by molar-refractivity contribution is 7.80. The van der Waals surface area contributed by atoms with E-state index in [0.29, 0.717) is 0 Å². The molecule has 1 aliphatic rings. The van der Waals surface area contributed by atoms with Crippen molar-refractivity contribution in [1.82, 2.24) is 9.80 Å². The fraction of sp³-hybridized carbons (Fsp3) is 0.562. The molecule has 2 rings (SSSR count). The molecule has 0 aromatic heterocycles. The smallest absolute Gasteiger partial charge is 0.173 e. The Bertz CT molecular complexity index is 465. The van der Waals surface area contributed by atoms with Gasteiger partial charge in [0.25, 0.3) is 0 Å². The van der Waals surface area contributed by atoms with Crippen LogP contribution in [0.4, 0.5) is 5.69 Å². The number of aryl methyl sites for hydroxylation is 1. The van der Waals surface area contributed by atoms with Gasteiger partial charge in [-0.15, -0.1) is 0 Å². The summed E-state index contributed by atoms with van der Waals surface area (Å²) in [7, 11) is 0. The maximum atomic E-state index is 5.56. The first kappa shape index (κ1) is 15.3. The number of thiocarbonyl (C=S) groups is 1. The average molecular weight is 291 g/mol. The van der Waals surface area contributed by atoms with E-state index in [1.807, 2.05) is 0 Å². The normalized spacial score (nSPS) is 16.2. The molecule has 0 radical (unpaired) electrons. The van der Waals surface area contributed by atoms with Crippen molar-refractivity contribution in [1.29, 1.82) is 0 Å². The Morgan fingerprint density at radius 1 is 1.20 bits per heavy atom. The maximum absolute atomic E-state index is 5.56. The van der Waals surface area contributed by atoms with E-state index in [4.69, 9.17) is 12.2 Å². The van der Waals surface area contributed by atoms with E-state index in [-0.39, 0.29) is 0 Å². The molecule has 1 N–H and O–H groups in total. The van der Waals surface area contributed by atoms with Crippen LogP contribution >= 0.6 is 12.2 Å². The lowest BCUT2D eigenvalue weighted by Crippen LogP contribution is -2.50. The number of nitrogens with one attached hydrogen (secondary N) is 1. The third-order valence-electron chi connectivity index (χ3n) is 4.05. The molecule has 4 heteroatoms. The molecule has 1 aromatic rings. The summed E-state index contributed by atoms with van der Waals surface area (Å²) in [6.45, 7) is 12.0. The van der Waals surface area contributed by atoms with Crippen LogP contribution in [0, 0.1) is 13.8 Å². The number of hydrogen-bond acceptors (Lipinski definition) is 2. The first-order valence-corrected chi connectivity index (χ1v) is 7.87. The Labute approximate surface area is 128 Å². The molecule has 20 heavy (non-hydrogen) atoms. The fourth-order valence-electron chi connectivity index (χ4n) is 2.57. The van der Waals surface area contributed by atoms with Crippen molar-refractivity contribution in [2.45, 2.75) is 27.2 Å². The molecular weight excluding hydrogens is 266 g/mol. The Hall–Kier alpha value is -1.13. The van der Waals surface area contributed by atoms with Crippen LogP contribution in [-0.2, 0) is 0 Å². The quantitative estimate of drug-likeness (QED) is 0.863. The second-order valence-electron chi connectivity index (χ2n) is 5.51. The number of benzene rings is 1. The number of piperazine rings is 1. The molecule has 0 amide bonds. The lowest BCUT2D eigenvalue weighted by atomic mass is 10.1. The van der Waals surface area contributed by atoms with E-state index < -0.39 is 0 Å². The van der Waals surface area contributed by atoms with Gasteiger partial charge in [-0.1, -0.05) is 19.1 Å². The van der Waals surface area contributed by atoms with Crippen molar-refractivity contribution in [2.24, 2.45) is 0 Å². The van der Waals surface area contributed by atoms with Crippen LogP contribution in [-0.4, -0.2) is 47.6 Å². The minimum atomic E-state index is 0.856. The summed E-state index contributed by atoms with van der Waals surface area (Å²) in [6.07, 6.45) is 1.23. The van der Waals surface area contributed by atoms with Crippen molar-refractivity contribution in [3.8, 4) is 0 Å². The summed E-state index contributed by atoms with van der Waals surface area (Å²) in [5.74, 6) is 0. The molecule has 1 fully saturated rings. The van der Waals surface area contributed by atoms with Crippen LogP contribution in [0.3, 0.4) is 0 Å². The van der Waals surface area contributed by atoms with Gasteiger partial charge in [-0.25, -0.2) is 0 Å². The van der Waals surface area contributed by atoms with E-state index in [1.54, 1.807) is 0 Å². The van der Waals surface area contributed by atoms with Gasteiger partial charge < -0.3 is 10.2 Å². The van der Waals surface area contributed by atoms with E-state index in [2.05, 4.69) is 54.1 Å². The third kappa shape index (κ3) is 3.70. The third-order valence-corrected chi connectivity index (χ3v) is 4.41. The standard InChI is InChI=1S/C16H25N3S/c1-4-8-18-9-11-19(12-10-18)16(20)17-15-7-5-6-13(2)14(15)3/h5-7H,4,8-12H2,1-3H3,(H,17,20). The summed E-state index contributed by atoms with van der Waals surface area (Å²) >= 11 is 5.56. The van der Waals surface area contributed by atoms with Crippen molar-refractivity contribution in [3.63, 3.8) is 0 Å². The van der Waals surface area contributed by atoms with Gasteiger partial charge in [-0.2, -0.15) is 0 Å². The van der Waals surface area contributed by atoms with Crippen molar-refractivity contribution in [3.05, 3.63) is 29.3 Å². The number of nitrogens with zero attached hydrogens (tertiary/aromatic N) is 2. The molecule has 0 bridgehead atoms. The highest BCUT2D eigenvalue weighted by atomic mass is 32.1. The molecule has 0 atom stereocenters. The molecule has 0 unspecified atom stereocenters. The van der Waals surface area contributed by atoms with E-state index in [0.717, 1.165) is 37.0 Å². The van der Waals surface area contributed by atoms with Crippen LogP contribution in [0.25, 0.3) is 0 Å². The minimum Gasteiger partial charge on any atom is -0.346 e. The van der Waals surface area contributed by atoms with Gasteiger partial charge in [0.15, 0.2) is 5.11 Å². The molecule has 0 aliphatic carbocycles. The van der Waals surface area contributed by atoms with Gasteiger partial charge in [0, 0.05) is 31.9 Å². The number of hydrogen-bond donors (Lipinski definition) is 1. The number of anilines is 1. The van der Waals surface area contributed by atoms with Crippen LogP contribution in [0.15, 0.2) is 18.2 Å². The second kappa shape index (κ2) is 7.04. The lowest BCUT2D eigenvalue weighted by molar-refractivity contribution is 0.184. The Morgan fingerprint density at radius 2 is 1.90 bits per heavy atom. The molecular formula is C16H25N3S. The van der Waals surface area contributed by atoms with Crippen molar-refractivity contribution >= 4 is 23.0 Å². The summed E-state index contributed by atoms with van der Waals surface area (Å²) in [4.78, 5) is 4.79. The second-order valence-corrected chi connectivity index (χ2v) is 5.89. The SMILES string of the molecule is CCCN1CCN(C(=S)Nc2cccc(C)c2C)CC1. The maximum Gasteiger partial charge on any atom is 0.173 e. The van der Waals surface area contributed by atoms with Gasteiger partial charge >= 0.3 is 0 Å². The highest BCUT2D eigenvalue weighted by Crippen LogP contribution is 2.18. The first-order chi connectivity index (χ1) is 9.61. The Kier molecular flexibility index (Phi) is 5.38. The van der Waals surface area contributed by atoms with E-state index in [1.165, 1.54) is 24.1 Å². The van der Waals surface area contributed by atoms with E-state index >= 15 is 0 Å². The van der Waals surface area contributed by atoms with Crippen LogP contribution < -0.4 is 5.32 Å². The minimum absolute atomic E-state index is 0.856. The van der Waals surface area contributed by atoms with E-state index in [9.17, 15) is 0 Å². The monoisotopic (exact) mass is 291 g/mol. The largest absolute Gasteiger partial charge is 0.346 e. The molecule has 3 nitrogen and oxygen atoms in total. The Morgan fingerprint density at radius 3 is 2.55 bits per heavy atom. The topological polar surface area (TPSA) is 18.5 Å². The predicted molar refractivity (Wildman–Crippen MR) is 90.4 cm³/mol. The average Bonchev–Trinajstić information content (AvgIpc) is 2.45. The molecule has 0 saturated carbocycles. The Balaban J connectivity index is 1.91. The molecule has 110 valence electrons. The summed E-state index contributed by atoms with van der Waals surface area (Å²) in [5, 5.41) is 4.26. The van der Waals surface area contributed by atoms with Gasteiger partial charge in [-0.05, 0) is 56.2 Å². The predicted octanol–water partition coefficient (Wildman–Crippen LogP) is 3.03. The number of rotatable bonds is 3. The van der Waals surface area contributed by atoms with Gasteiger partial charge in [0.2, 0.25) is 0 Å². The molecule has 1 heterocycles. The van der Waals surface area contributed by atoms with Crippen LogP contribution in [0.2, 0.25) is 0 Å². The molecule has 0 spiro atoms. The van der Waals surface area contributed by atoms with Crippen LogP contribution in [0.1, 0.15) is 24.5 Å². The highest BCUT2D eigenvalue weighted by Gasteiger charge is 2.18. The van der Waals surface area contributed by atoms with Crippen molar-refractivity contribution in [2.75, 3.05) is 38.0 Å². The first-order valence-electron chi connectivity index (χ1n) is 7.46. The lowest BCUT2D eigenvalue weighted by Gasteiger charge is -2.36. The summed E-state index contributed by atoms with van der Waals surface area (Å²) in [5.41, 5.74) is 3.70. The zero-order valence-electron chi connectivity index (χ0n) is 12.8. The van der Waals surface area contributed by atoms with Gasteiger partial charge in [0.05, 0.1) is 0 Å². The molecule has 1 aliphatic heterocycles. The zero-order valence-corrected chi connectivity index (χ0v) is 13.6. The fourth-order valence-corrected chi connectivity index (χ4v) is 2.86. The van der Waals surface area contributed by atoms with Gasteiger partial charge in [-0.3, -0.25) is 4.90 Å².